The highest BCUT2D eigenvalue weighted by Crippen LogP contribution is 2.15. The van der Waals surface area contributed by atoms with Crippen LogP contribution in [0.4, 0.5) is 0 Å². The van der Waals surface area contributed by atoms with Crippen LogP contribution < -0.4 is 0 Å². The predicted molar refractivity (Wildman–Crippen MR) is 52.8 cm³/mol. The molecule has 0 heterocycles. The van der Waals surface area contributed by atoms with Crippen molar-refractivity contribution in [3.8, 4) is 0 Å². The zero-order valence-electron chi connectivity index (χ0n) is 6.07. The number of alkyl halides is 1. The lowest BCUT2D eigenvalue weighted by atomic mass is 10.0. The van der Waals surface area contributed by atoms with Crippen molar-refractivity contribution < 1.29 is 4.79 Å². The summed E-state index contributed by atoms with van der Waals surface area (Å²) >= 11 is 7.54. The van der Waals surface area contributed by atoms with Crippen molar-refractivity contribution in [3.63, 3.8) is 0 Å². The second kappa shape index (κ2) is 6.40. The van der Waals surface area contributed by atoms with Crippen LogP contribution in [0.2, 0.25) is 0 Å². The molecule has 0 saturated carbocycles. The summed E-state index contributed by atoms with van der Waals surface area (Å²) in [6.45, 7) is 2.12. The number of carbonyl (C=O) groups is 1. The quantitative estimate of drug-likeness (QED) is 0.428. The minimum atomic E-state index is -0.199. The van der Waals surface area contributed by atoms with Gasteiger partial charge >= 0.3 is 0 Å². The van der Waals surface area contributed by atoms with E-state index in [-0.39, 0.29) is 5.24 Å². The van der Waals surface area contributed by atoms with E-state index in [1.165, 1.54) is 0 Å². The van der Waals surface area contributed by atoms with Gasteiger partial charge in [-0.2, -0.15) is 0 Å². The average molecular weight is 275 g/mol. The zero-order valence-corrected chi connectivity index (χ0v) is 8.98. The first-order valence-corrected chi connectivity index (χ1v) is 5.35. The Morgan fingerprint density at radius 1 is 1.70 bits per heavy atom. The predicted octanol–water partition coefficient (Wildman–Crippen LogP) is 2.99. The lowest BCUT2D eigenvalue weighted by molar-refractivity contribution is -0.112. The Balaban J connectivity index is 3.49. The van der Waals surface area contributed by atoms with Crippen LogP contribution in [0.5, 0.6) is 0 Å². The molecule has 0 unspecified atom stereocenters. The first kappa shape index (κ1) is 10.7. The van der Waals surface area contributed by atoms with Gasteiger partial charge in [-0.15, -0.1) is 0 Å². The molecule has 0 aromatic heterocycles. The van der Waals surface area contributed by atoms with E-state index in [9.17, 15) is 4.79 Å². The zero-order chi connectivity index (χ0) is 7.98. The summed E-state index contributed by atoms with van der Waals surface area (Å²) in [6, 6.07) is 0. The molecule has 0 saturated heterocycles. The molecule has 1 nitrogen and oxygen atoms in total. The van der Waals surface area contributed by atoms with E-state index in [4.69, 9.17) is 11.6 Å². The van der Waals surface area contributed by atoms with Crippen molar-refractivity contribution in [2.24, 2.45) is 5.92 Å². The fourth-order valence-electron chi connectivity index (χ4n) is 0.869. The minimum Gasteiger partial charge on any atom is -0.281 e. The lowest BCUT2D eigenvalue weighted by Gasteiger charge is -2.08. The molecule has 0 rings (SSSR count). The Morgan fingerprint density at radius 2 is 2.30 bits per heavy atom. The standard InChI is InChI=1S/C7H12ClIO/c1-2-3-6(5-9)4-7(8)10/h6H,2-5H2,1H3/t6-/m1/s1. The number of halogens is 2. The van der Waals surface area contributed by atoms with Crippen molar-refractivity contribution in [1.29, 1.82) is 0 Å². The Hall–Kier alpha value is 0.690. The fourth-order valence-corrected chi connectivity index (χ4v) is 1.84. The molecule has 1 atom stereocenters. The topological polar surface area (TPSA) is 17.1 Å². The van der Waals surface area contributed by atoms with Crippen molar-refractivity contribution in [3.05, 3.63) is 0 Å². The second-order valence-electron chi connectivity index (χ2n) is 2.37. The summed E-state index contributed by atoms with van der Waals surface area (Å²) in [5.41, 5.74) is 0. The number of rotatable bonds is 5. The first-order chi connectivity index (χ1) is 4.70. The van der Waals surface area contributed by atoms with Gasteiger partial charge < -0.3 is 0 Å². The average Bonchev–Trinajstić information content (AvgIpc) is 1.86. The summed E-state index contributed by atoms with van der Waals surface area (Å²) in [4.78, 5) is 10.4. The van der Waals surface area contributed by atoms with Crippen molar-refractivity contribution >= 4 is 39.4 Å². The van der Waals surface area contributed by atoms with E-state index >= 15 is 0 Å². The van der Waals surface area contributed by atoms with E-state index in [1.54, 1.807) is 0 Å². The molecule has 60 valence electrons. The molecule has 0 aromatic rings. The van der Waals surface area contributed by atoms with Crippen LogP contribution in [0.1, 0.15) is 26.2 Å². The molecule has 3 heteroatoms. The first-order valence-electron chi connectivity index (χ1n) is 3.45. The maximum Gasteiger partial charge on any atom is 0.221 e. The van der Waals surface area contributed by atoms with Crippen molar-refractivity contribution in [2.75, 3.05) is 4.43 Å². The summed E-state index contributed by atoms with van der Waals surface area (Å²) in [6.07, 6.45) is 2.79. The van der Waals surface area contributed by atoms with Crippen LogP contribution in [0, 0.1) is 5.92 Å². The molecule has 0 aliphatic rings. The molecule has 0 spiro atoms. The highest BCUT2D eigenvalue weighted by molar-refractivity contribution is 14.1. The largest absolute Gasteiger partial charge is 0.281 e. The molecule has 0 aliphatic carbocycles. The fraction of sp³-hybridized carbons (Fsp3) is 0.857. The lowest BCUT2D eigenvalue weighted by Crippen LogP contribution is -2.05. The summed E-state index contributed by atoms with van der Waals surface area (Å²) in [5, 5.41) is -0.199. The highest BCUT2D eigenvalue weighted by Gasteiger charge is 2.08. The molecular formula is C7H12ClIO. The Bertz CT molecular complexity index is 106. The van der Waals surface area contributed by atoms with Crippen LogP contribution in [0.25, 0.3) is 0 Å². The van der Waals surface area contributed by atoms with E-state index in [2.05, 4.69) is 29.5 Å². The third-order valence-electron chi connectivity index (χ3n) is 1.36. The number of carbonyl (C=O) groups excluding carboxylic acids is 1. The summed E-state index contributed by atoms with van der Waals surface area (Å²) in [5.74, 6) is 0.496. The molecule has 0 aliphatic heterocycles. The highest BCUT2D eigenvalue weighted by atomic mass is 127. The van der Waals surface area contributed by atoms with Gasteiger partial charge in [-0.05, 0) is 23.9 Å². The van der Waals surface area contributed by atoms with Gasteiger partial charge in [0.05, 0.1) is 0 Å². The Morgan fingerprint density at radius 3 is 2.60 bits per heavy atom. The van der Waals surface area contributed by atoms with Gasteiger partial charge in [-0.1, -0.05) is 35.9 Å². The van der Waals surface area contributed by atoms with Gasteiger partial charge in [0.2, 0.25) is 5.24 Å². The van der Waals surface area contributed by atoms with Gasteiger partial charge in [-0.3, -0.25) is 4.79 Å². The van der Waals surface area contributed by atoms with Gasteiger partial charge in [0, 0.05) is 10.8 Å². The molecular weight excluding hydrogens is 262 g/mol. The van der Waals surface area contributed by atoms with Gasteiger partial charge in [-0.25, -0.2) is 0 Å². The van der Waals surface area contributed by atoms with E-state index in [1.807, 2.05) is 0 Å². The van der Waals surface area contributed by atoms with E-state index < -0.39 is 0 Å². The molecule has 0 fully saturated rings. The van der Waals surface area contributed by atoms with Gasteiger partial charge in [0.25, 0.3) is 0 Å². The maximum absolute atomic E-state index is 10.4. The maximum atomic E-state index is 10.4. The van der Waals surface area contributed by atoms with Gasteiger partial charge in [0.1, 0.15) is 0 Å². The van der Waals surface area contributed by atoms with Crippen molar-refractivity contribution in [2.45, 2.75) is 26.2 Å². The monoisotopic (exact) mass is 274 g/mol. The molecule has 0 bridgehead atoms. The van der Waals surface area contributed by atoms with Crippen LogP contribution in [0.3, 0.4) is 0 Å². The molecule has 0 aromatic carbocycles. The van der Waals surface area contributed by atoms with Crippen LogP contribution in [0.15, 0.2) is 0 Å². The normalized spacial score (nSPS) is 13.1. The van der Waals surface area contributed by atoms with Crippen LogP contribution in [-0.2, 0) is 4.79 Å². The molecule has 0 N–H and O–H groups in total. The van der Waals surface area contributed by atoms with Crippen molar-refractivity contribution in [1.82, 2.24) is 0 Å². The summed E-state index contributed by atoms with van der Waals surface area (Å²) < 4.78 is 1.03. The molecule has 0 radical (unpaired) electrons. The third kappa shape index (κ3) is 5.47. The third-order valence-corrected chi connectivity index (χ3v) is 2.76. The van der Waals surface area contributed by atoms with Gasteiger partial charge in [0.15, 0.2) is 0 Å². The molecule has 10 heavy (non-hydrogen) atoms. The smallest absolute Gasteiger partial charge is 0.221 e. The minimum absolute atomic E-state index is 0.199. The Labute approximate surface area is 80.7 Å². The Kier molecular flexibility index (Phi) is 6.85. The second-order valence-corrected chi connectivity index (χ2v) is 3.67. The van der Waals surface area contributed by atoms with Crippen LogP contribution in [-0.4, -0.2) is 9.67 Å². The van der Waals surface area contributed by atoms with E-state index in [0.29, 0.717) is 12.3 Å². The van der Waals surface area contributed by atoms with E-state index in [0.717, 1.165) is 17.3 Å². The number of hydrogen-bond donors (Lipinski definition) is 0. The van der Waals surface area contributed by atoms with Crippen LogP contribution >= 0.6 is 34.2 Å². The summed E-state index contributed by atoms with van der Waals surface area (Å²) in [7, 11) is 0. The SMILES string of the molecule is CCC[C@@H](CI)CC(=O)Cl. The number of hydrogen-bond acceptors (Lipinski definition) is 1. The molecule has 0 amide bonds.